The number of carbonyl (C=O) groups is 1. The Kier molecular flexibility index (Phi) is 6.53. The molecule has 2 aromatic rings. The third-order valence-corrected chi connectivity index (χ3v) is 5.09. The van der Waals surface area contributed by atoms with Crippen LogP contribution in [0.4, 0.5) is 0 Å². The van der Waals surface area contributed by atoms with Crippen LogP contribution in [0, 0.1) is 0 Å². The molecule has 148 valence electrons. The Labute approximate surface area is 166 Å². The average molecular weight is 381 g/mol. The standard InChI is InChI=1S/C22H27N3O3/c1-23-22(25-12-11-18(15-25)17-7-5-4-6-8-17)24-14-16-9-10-20(27-2)19(13-16)21(26)28-3/h4-10,13,18H,11-12,14-15H2,1-3H3,(H,23,24). The van der Waals surface area contributed by atoms with Crippen LogP contribution in [0.3, 0.4) is 0 Å². The summed E-state index contributed by atoms with van der Waals surface area (Å²) in [4.78, 5) is 18.7. The van der Waals surface area contributed by atoms with Gasteiger partial charge in [0.05, 0.1) is 14.2 Å². The average Bonchev–Trinajstić information content (AvgIpc) is 3.24. The minimum Gasteiger partial charge on any atom is -0.496 e. The SMILES string of the molecule is CN=C(NCc1ccc(OC)c(C(=O)OC)c1)N1CCC(c2ccccc2)C1. The Morgan fingerprint density at radius 3 is 2.68 bits per heavy atom. The number of guanidine groups is 1. The first kappa shape index (κ1) is 19.7. The van der Waals surface area contributed by atoms with Crippen molar-refractivity contribution in [2.45, 2.75) is 18.9 Å². The van der Waals surface area contributed by atoms with Gasteiger partial charge in [0.1, 0.15) is 11.3 Å². The fourth-order valence-electron chi connectivity index (χ4n) is 3.60. The predicted molar refractivity (Wildman–Crippen MR) is 110 cm³/mol. The van der Waals surface area contributed by atoms with E-state index in [1.807, 2.05) is 12.1 Å². The van der Waals surface area contributed by atoms with Crippen molar-refractivity contribution in [3.8, 4) is 5.75 Å². The number of likely N-dealkylation sites (tertiary alicyclic amines) is 1. The number of aliphatic imine (C=N–C) groups is 1. The second-order valence-corrected chi connectivity index (χ2v) is 6.77. The zero-order valence-corrected chi connectivity index (χ0v) is 16.6. The van der Waals surface area contributed by atoms with Crippen LogP contribution in [0.2, 0.25) is 0 Å². The maximum absolute atomic E-state index is 12.0. The van der Waals surface area contributed by atoms with Gasteiger partial charge in [-0.1, -0.05) is 36.4 Å². The molecule has 0 aliphatic carbocycles. The molecule has 0 saturated carbocycles. The van der Waals surface area contributed by atoms with Gasteiger partial charge in [0.25, 0.3) is 0 Å². The van der Waals surface area contributed by atoms with E-state index < -0.39 is 5.97 Å². The molecule has 3 rings (SSSR count). The second kappa shape index (κ2) is 9.26. The minimum atomic E-state index is -0.409. The Morgan fingerprint density at radius 2 is 2.00 bits per heavy atom. The van der Waals surface area contributed by atoms with Gasteiger partial charge in [-0.2, -0.15) is 0 Å². The summed E-state index contributed by atoms with van der Waals surface area (Å²) in [5, 5.41) is 3.40. The molecule has 1 aliphatic rings. The normalized spacial score (nSPS) is 16.8. The lowest BCUT2D eigenvalue weighted by molar-refractivity contribution is 0.0597. The number of methoxy groups -OCH3 is 2. The summed E-state index contributed by atoms with van der Waals surface area (Å²) >= 11 is 0. The van der Waals surface area contributed by atoms with E-state index in [1.165, 1.54) is 19.8 Å². The summed E-state index contributed by atoms with van der Waals surface area (Å²) in [5.41, 5.74) is 2.75. The van der Waals surface area contributed by atoms with Crippen molar-refractivity contribution in [2.24, 2.45) is 4.99 Å². The molecular weight excluding hydrogens is 354 g/mol. The summed E-state index contributed by atoms with van der Waals surface area (Å²) in [6.45, 7) is 2.47. The molecule has 1 unspecified atom stereocenters. The maximum Gasteiger partial charge on any atom is 0.341 e. The summed E-state index contributed by atoms with van der Waals surface area (Å²) < 4.78 is 10.1. The maximum atomic E-state index is 12.0. The van der Waals surface area contributed by atoms with Crippen molar-refractivity contribution >= 4 is 11.9 Å². The lowest BCUT2D eigenvalue weighted by Gasteiger charge is -2.22. The van der Waals surface area contributed by atoms with E-state index in [4.69, 9.17) is 9.47 Å². The van der Waals surface area contributed by atoms with Crippen LogP contribution >= 0.6 is 0 Å². The molecule has 0 spiro atoms. The lowest BCUT2D eigenvalue weighted by Crippen LogP contribution is -2.39. The number of rotatable bonds is 5. The van der Waals surface area contributed by atoms with Crippen LogP contribution in [-0.4, -0.2) is 51.2 Å². The van der Waals surface area contributed by atoms with E-state index >= 15 is 0 Å². The van der Waals surface area contributed by atoms with Gasteiger partial charge in [-0.3, -0.25) is 4.99 Å². The smallest absolute Gasteiger partial charge is 0.341 e. The van der Waals surface area contributed by atoms with Gasteiger partial charge >= 0.3 is 5.97 Å². The molecule has 1 aliphatic heterocycles. The Bertz CT molecular complexity index is 836. The van der Waals surface area contributed by atoms with E-state index in [9.17, 15) is 4.79 Å². The largest absolute Gasteiger partial charge is 0.496 e. The highest BCUT2D eigenvalue weighted by atomic mass is 16.5. The molecule has 1 saturated heterocycles. The van der Waals surface area contributed by atoms with E-state index in [1.54, 1.807) is 19.2 Å². The molecule has 0 radical (unpaired) electrons. The Hall–Kier alpha value is -3.02. The highest BCUT2D eigenvalue weighted by Crippen LogP contribution is 2.27. The Morgan fingerprint density at radius 1 is 1.21 bits per heavy atom. The van der Waals surface area contributed by atoms with Crippen molar-refractivity contribution in [1.29, 1.82) is 0 Å². The number of carbonyl (C=O) groups excluding carboxylic acids is 1. The molecular formula is C22H27N3O3. The number of nitrogens with one attached hydrogen (secondary N) is 1. The predicted octanol–water partition coefficient (Wildman–Crippen LogP) is 3.05. The van der Waals surface area contributed by atoms with Crippen molar-refractivity contribution in [1.82, 2.24) is 10.2 Å². The third kappa shape index (κ3) is 4.44. The van der Waals surface area contributed by atoms with Gasteiger partial charge in [0.2, 0.25) is 0 Å². The van der Waals surface area contributed by atoms with Gasteiger partial charge in [0, 0.05) is 32.6 Å². The van der Waals surface area contributed by atoms with Gasteiger partial charge in [-0.05, 0) is 29.7 Å². The fraction of sp³-hybridized carbons (Fsp3) is 0.364. The van der Waals surface area contributed by atoms with Gasteiger partial charge in [-0.15, -0.1) is 0 Å². The number of esters is 1. The lowest BCUT2D eigenvalue weighted by atomic mass is 9.99. The van der Waals surface area contributed by atoms with E-state index in [0.29, 0.717) is 23.8 Å². The molecule has 2 aromatic carbocycles. The number of ether oxygens (including phenoxy) is 2. The third-order valence-electron chi connectivity index (χ3n) is 5.09. The van der Waals surface area contributed by atoms with E-state index in [2.05, 4.69) is 39.5 Å². The number of benzene rings is 2. The van der Waals surface area contributed by atoms with Crippen molar-refractivity contribution in [3.63, 3.8) is 0 Å². The molecule has 0 aromatic heterocycles. The van der Waals surface area contributed by atoms with Crippen LogP contribution < -0.4 is 10.1 Å². The van der Waals surface area contributed by atoms with E-state index in [-0.39, 0.29) is 0 Å². The van der Waals surface area contributed by atoms with E-state index in [0.717, 1.165) is 31.0 Å². The topological polar surface area (TPSA) is 63.2 Å². The zero-order chi connectivity index (χ0) is 19.9. The molecule has 6 heteroatoms. The number of nitrogens with zero attached hydrogens (tertiary/aromatic N) is 2. The molecule has 1 atom stereocenters. The van der Waals surface area contributed by atoms with Crippen LogP contribution in [0.15, 0.2) is 53.5 Å². The summed E-state index contributed by atoms with van der Waals surface area (Å²) in [5.74, 6) is 1.49. The van der Waals surface area contributed by atoms with Crippen molar-refractivity contribution in [2.75, 3.05) is 34.4 Å². The van der Waals surface area contributed by atoms with Gasteiger partial charge < -0.3 is 19.7 Å². The summed E-state index contributed by atoms with van der Waals surface area (Å²) in [6.07, 6.45) is 1.11. The molecule has 0 amide bonds. The van der Waals surface area contributed by atoms with Crippen LogP contribution in [0.25, 0.3) is 0 Å². The molecule has 1 heterocycles. The summed E-state index contributed by atoms with van der Waals surface area (Å²) in [6, 6.07) is 16.1. The molecule has 1 N–H and O–H groups in total. The first-order valence-electron chi connectivity index (χ1n) is 9.42. The van der Waals surface area contributed by atoms with Crippen LogP contribution in [0.5, 0.6) is 5.75 Å². The molecule has 28 heavy (non-hydrogen) atoms. The number of hydrogen-bond donors (Lipinski definition) is 1. The fourth-order valence-corrected chi connectivity index (χ4v) is 3.60. The summed E-state index contributed by atoms with van der Waals surface area (Å²) in [7, 11) is 4.70. The minimum absolute atomic E-state index is 0.409. The zero-order valence-electron chi connectivity index (χ0n) is 16.6. The van der Waals surface area contributed by atoms with Crippen LogP contribution in [-0.2, 0) is 11.3 Å². The molecule has 6 nitrogen and oxygen atoms in total. The first-order valence-corrected chi connectivity index (χ1v) is 9.42. The van der Waals surface area contributed by atoms with Crippen molar-refractivity contribution < 1.29 is 14.3 Å². The second-order valence-electron chi connectivity index (χ2n) is 6.77. The monoisotopic (exact) mass is 381 g/mol. The first-order chi connectivity index (χ1) is 13.7. The highest BCUT2D eigenvalue weighted by molar-refractivity contribution is 5.92. The highest BCUT2D eigenvalue weighted by Gasteiger charge is 2.25. The van der Waals surface area contributed by atoms with Crippen LogP contribution in [0.1, 0.15) is 33.8 Å². The Balaban J connectivity index is 1.64. The quantitative estimate of drug-likeness (QED) is 0.490. The van der Waals surface area contributed by atoms with Gasteiger partial charge in [0.15, 0.2) is 5.96 Å². The molecule has 0 bridgehead atoms. The van der Waals surface area contributed by atoms with Gasteiger partial charge in [-0.25, -0.2) is 4.79 Å². The molecule has 1 fully saturated rings. The number of hydrogen-bond acceptors (Lipinski definition) is 4. The van der Waals surface area contributed by atoms with Crippen molar-refractivity contribution in [3.05, 3.63) is 65.2 Å².